The van der Waals surface area contributed by atoms with E-state index in [1.165, 1.54) is 0 Å². The van der Waals surface area contributed by atoms with Crippen LogP contribution in [-0.4, -0.2) is 34.0 Å². The summed E-state index contributed by atoms with van der Waals surface area (Å²) in [5, 5.41) is 0. The van der Waals surface area contributed by atoms with Crippen LogP contribution in [0.3, 0.4) is 0 Å². The second-order valence-corrected chi connectivity index (χ2v) is 6.27. The van der Waals surface area contributed by atoms with E-state index < -0.39 is 0 Å². The molecule has 3 aromatic rings. The van der Waals surface area contributed by atoms with Crippen molar-refractivity contribution in [2.75, 3.05) is 38.9 Å². The smallest absolute Gasteiger partial charge is 0.119 e. The highest BCUT2D eigenvalue weighted by Gasteiger charge is 2.13. The molecule has 0 aromatic heterocycles. The molecule has 3 rings (SSSR count). The SMILES string of the molecule is CCOCCOc1ccc(N(c2ccc(OC)cc2)c2ccc(OC)cc2)cc1. The fourth-order valence-corrected chi connectivity index (χ4v) is 2.96. The number of benzene rings is 3. The maximum atomic E-state index is 5.74. The van der Waals surface area contributed by atoms with E-state index in [1.807, 2.05) is 79.7 Å². The van der Waals surface area contributed by atoms with Crippen LogP contribution in [0.1, 0.15) is 6.92 Å². The summed E-state index contributed by atoms with van der Waals surface area (Å²) >= 11 is 0. The first-order valence-electron chi connectivity index (χ1n) is 9.64. The van der Waals surface area contributed by atoms with E-state index in [-0.39, 0.29) is 0 Å². The molecule has 0 bridgehead atoms. The Hall–Kier alpha value is -3.18. The van der Waals surface area contributed by atoms with Gasteiger partial charge in [-0.25, -0.2) is 0 Å². The van der Waals surface area contributed by atoms with Crippen molar-refractivity contribution in [2.45, 2.75) is 6.92 Å². The summed E-state index contributed by atoms with van der Waals surface area (Å²) in [6, 6.07) is 24.0. The number of hydrogen-bond donors (Lipinski definition) is 0. The number of methoxy groups -OCH3 is 2. The zero-order valence-corrected chi connectivity index (χ0v) is 17.1. The third-order valence-corrected chi connectivity index (χ3v) is 4.46. The molecular formula is C24H27NO4. The van der Waals surface area contributed by atoms with Gasteiger partial charge in [0.2, 0.25) is 0 Å². The molecular weight excluding hydrogens is 366 g/mol. The molecule has 0 amide bonds. The van der Waals surface area contributed by atoms with Crippen molar-refractivity contribution >= 4 is 17.1 Å². The summed E-state index contributed by atoms with van der Waals surface area (Å²) in [5.41, 5.74) is 3.08. The minimum atomic E-state index is 0.536. The second kappa shape index (κ2) is 10.4. The lowest BCUT2D eigenvalue weighted by atomic mass is 10.2. The van der Waals surface area contributed by atoms with Crippen LogP contribution in [0.4, 0.5) is 17.1 Å². The molecule has 0 heterocycles. The first-order chi connectivity index (χ1) is 14.2. The van der Waals surface area contributed by atoms with Gasteiger partial charge in [0.1, 0.15) is 23.9 Å². The Morgan fingerprint density at radius 2 is 1.00 bits per heavy atom. The minimum Gasteiger partial charge on any atom is -0.497 e. The van der Waals surface area contributed by atoms with Crippen LogP contribution >= 0.6 is 0 Å². The van der Waals surface area contributed by atoms with Crippen LogP contribution in [0, 0.1) is 0 Å². The Morgan fingerprint density at radius 1 is 0.586 bits per heavy atom. The lowest BCUT2D eigenvalue weighted by Gasteiger charge is -2.26. The van der Waals surface area contributed by atoms with Crippen LogP contribution in [0.5, 0.6) is 17.2 Å². The summed E-state index contributed by atoms with van der Waals surface area (Å²) in [5.74, 6) is 2.46. The zero-order chi connectivity index (χ0) is 20.5. The summed E-state index contributed by atoms with van der Waals surface area (Å²) in [6.45, 7) is 3.79. The molecule has 3 aromatic carbocycles. The molecule has 0 saturated carbocycles. The maximum absolute atomic E-state index is 5.74. The van der Waals surface area contributed by atoms with Crippen molar-refractivity contribution in [2.24, 2.45) is 0 Å². The Morgan fingerprint density at radius 3 is 1.38 bits per heavy atom. The molecule has 0 fully saturated rings. The van der Waals surface area contributed by atoms with E-state index in [0.29, 0.717) is 19.8 Å². The van der Waals surface area contributed by atoms with E-state index in [2.05, 4.69) is 4.90 Å². The Balaban J connectivity index is 1.87. The van der Waals surface area contributed by atoms with Gasteiger partial charge >= 0.3 is 0 Å². The summed E-state index contributed by atoms with van der Waals surface area (Å²) < 4.78 is 21.7. The topological polar surface area (TPSA) is 40.2 Å². The number of anilines is 3. The van der Waals surface area contributed by atoms with Gasteiger partial charge in [-0.2, -0.15) is 0 Å². The van der Waals surface area contributed by atoms with Crippen LogP contribution in [0.15, 0.2) is 72.8 Å². The fraction of sp³-hybridized carbons (Fsp3) is 0.250. The highest BCUT2D eigenvalue weighted by atomic mass is 16.5. The highest BCUT2D eigenvalue weighted by molar-refractivity contribution is 5.77. The highest BCUT2D eigenvalue weighted by Crippen LogP contribution is 2.36. The molecule has 5 nitrogen and oxygen atoms in total. The fourth-order valence-electron chi connectivity index (χ4n) is 2.96. The Bertz CT molecular complexity index is 813. The third kappa shape index (κ3) is 5.42. The maximum Gasteiger partial charge on any atom is 0.119 e. The Labute approximate surface area is 172 Å². The van der Waals surface area contributed by atoms with Gasteiger partial charge < -0.3 is 23.8 Å². The van der Waals surface area contributed by atoms with Crippen molar-refractivity contribution in [1.29, 1.82) is 0 Å². The van der Waals surface area contributed by atoms with Crippen molar-refractivity contribution in [3.05, 3.63) is 72.8 Å². The lowest BCUT2D eigenvalue weighted by Crippen LogP contribution is -2.10. The first kappa shape index (κ1) is 20.6. The van der Waals surface area contributed by atoms with E-state index in [9.17, 15) is 0 Å². The molecule has 0 unspecified atom stereocenters. The standard InChI is InChI=1S/C24H27NO4/c1-4-28-17-18-29-24-15-9-21(10-16-24)25(19-5-11-22(26-2)12-6-19)20-7-13-23(27-3)14-8-20/h5-16H,4,17-18H2,1-3H3. The quantitative estimate of drug-likeness (QED) is 0.420. The zero-order valence-electron chi connectivity index (χ0n) is 17.1. The molecule has 0 aliphatic rings. The van der Waals surface area contributed by atoms with Gasteiger partial charge in [-0.3, -0.25) is 0 Å². The van der Waals surface area contributed by atoms with E-state index in [4.69, 9.17) is 18.9 Å². The van der Waals surface area contributed by atoms with Crippen molar-refractivity contribution in [3.8, 4) is 17.2 Å². The monoisotopic (exact) mass is 393 g/mol. The molecule has 0 aliphatic carbocycles. The van der Waals surface area contributed by atoms with Crippen molar-refractivity contribution in [3.63, 3.8) is 0 Å². The van der Waals surface area contributed by atoms with E-state index >= 15 is 0 Å². The molecule has 0 atom stereocenters. The van der Waals surface area contributed by atoms with Gasteiger partial charge in [-0.15, -0.1) is 0 Å². The normalized spacial score (nSPS) is 10.4. The number of nitrogens with zero attached hydrogens (tertiary/aromatic N) is 1. The van der Waals surface area contributed by atoms with Crippen LogP contribution in [-0.2, 0) is 4.74 Å². The van der Waals surface area contributed by atoms with Gasteiger partial charge in [0.05, 0.1) is 20.8 Å². The predicted octanol–water partition coefficient (Wildman–Crippen LogP) is 5.59. The van der Waals surface area contributed by atoms with Gasteiger partial charge in [-0.05, 0) is 79.7 Å². The molecule has 29 heavy (non-hydrogen) atoms. The van der Waals surface area contributed by atoms with Crippen LogP contribution in [0.25, 0.3) is 0 Å². The van der Waals surface area contributed by atoms with Crippen LogP contribution < -0.4 is 19.1 Å². The summed E-state index contributed by atoms with van der Waals surface area (Å²) in [4.78, 5) is 2.17. The molecule has 5 heteroatoms. The van der Waals surface area contributed by atoms with Gasteiger partial charge in [0, 0.05) is 23.7 Å². The Kier molecular flexibility index (Phi) is 7.36. The second-order valence-electron chi connectivity index (χ2n) is 6.27. The van der Waals surface area contributed by atoms with Gasteiger partial charge in [-0.1, -0.05) is 0 Å². The predicted molar refractivity (Wildman–Crippen MR) is 116 cm³/mol. The molecule has 0 radical (unpaired) electrons. The van der Waals surface area contributed by atoms with E-state index in [0.717, 1.165) is 34.3 Å². The molecule has 0 saturated heterocycles. The average Bonchev–Trinajstić information content (AvgIpc) is 2.79. The average molecular weight is 393 g/mol. The van der Waals surface area contributed by atoms with Gasteiger partial charge in [0.25, 0.3) is 0 Å². The van der Waals surface area contributed by atoms with E-state index in [1.54, 1.807) is 14.2 Å². The number of ether oxygens (including phenoxy) is 4. The molecule has 0 aliphatic heterocycles. The lowest BCUT2D eigenvalue weighted by molar-refractivity contribution is 0.110. The number of hydrogen-bond acceptors (Lipinski definition) is 5. The first-order valence-corrected chi connectivity index (χ1v) is 9.64. The van der Waals surface area contributed by atoms with Crippen molar-refractivity contribution < 1.29 is 18.9 Å². The molecule has 0 spiro atoms. The molecule has 0 N–H and O–H groups in total. The van der Waals surface area contributed by atoms with Crippen molar-refractivity contribution in [1.82, 2.24) is 0 Å². The van der Waals surface area contributed by atoms with Crippen LogP contribution in [0.2, 0.25) is 0 Å². The largest absolute Gasteiger partial charge is 0.497 e. The van der Waals surface area contributed by atoms with Gasteiger partial charge in [0.15, 0.2) is 0 Å². The molecule has 152 valence electrons. The minimum absolute atomic E-state index is 0.536. The summed E-state index contributed by atoms with van der Waals surface area (Å²) in [6.07, 6.45) is 0. The third-order valence-electron chi connectivity index (χ3n) is 4.46. The summed E-state index contributed by atoms with van der Waals surface area (Å²) in [7, 11) is 3.33. The number of rotatable bonds is 10.